The second kappa shape index (κ2) is 11.6. The first-order chi connectivity index (χ1) is 23.0. The monoisotopic (exact) mass is 673 g/mol. The number of methoxy groups -OCH3 is 1. The summed E-state index contributed by atoms with van der Waals surface area (Å²) in [5, 5.41) is 1.08. The van der Waals surface area contributed by atoms with Crippen molar-refractivity contribution in [3.05, 3.63) is 53.1 Å². The van der Waals surface area contributed by atoms with Gasteiger partial charge < -0.3 is 19.1 Å². The summed E-state index contributed by atoms with van der Waals surface area (Å²) < 4.78 is 36.8. The van der Waals surface area contributed by atoms with Crippen molar-refractivity contribution in [2.75, 3.05) is 47.9 Å². The normalized spacial score (nSPS) is 27.2. The predicted molar refractivity (Wildman–Crippen MR) is 185 cm³/mol. The molecule has 3 aromatic rings. The van der Waals surface area contributed by atoms with Crippen LogP contribution in [0.3, 0.4) is 0 Å². The maximum Gasteiger partial charge on any atom is 0.303 e. The molecule has 2 amide bonds. The van der Waals surface area contributed by atoms with E-state index in [0.717, 1.165) is 89.5 Å². The van der Waals surface area contributed by atoms with E-state index in [1.165, 1.54) is 38.9 Å². The van der Waals surface area contributed by atoms with Crippen LogP contribution in [0.5, 0.6) is 5.75 Å². The molecule has 10 nitrogen and oxygen atoms in total. The Bertz CT molecular complexity index is 1910. The van der Waals surface area contributed by atoms with Gasteiger partial charge in [0.2, 0.25) is 5.91 Å². The molecule has 4 unspecified atom stereocenters. The van der Waals surface area contributed by atoms with Gasteiger partial charge in [0.15, 0.2) is 0 Å². The first kappa shape index (κ1) is 31.8. The molecule has 0 radical (unpaired) electrons. The number of nitrogens with one attached hydrogen (secondary N) is 1. The average molecular weight is 674 g/mol. The van der Waals surface area contributed by atoms with Crippen molar-refractivity contribution in [3.8, 4) is 17.0 Å². The lowest BCUT2D eigenvalue weighted by Crippen LogP contribution is -2.52. The van der Waals surface area contributed by atoms with Crippen LogP contribution in [0.25, 0.3) is 22.2 Å². The van der Waals surface area contributed by atoms with Crippen LogP contribution in [0.2, 0.25) is 0 Å². The summed E-state index contributed by atoms with van der Waals surface area (Å²) in [6.45, 7) is 3.25. The van der Waals surface area contributed by atoms with Crippen LogP contribution in [-0.2, 0) is 21.5 Å². The molecular formula is C37H47N5O5S. The number of benzene rings is 2. The number of piperidine rings is 1. The highest BCUT2D eigenvalue weighted by Gasteiger charge is 2.65. The third-order valence-electron chi connectivity index (χ3n) is 12.1. The minimum absolute atomic E-state index is 0.0292. The molecule has 4 atom stereocenters. The summed E-state index contributed by atoms with van der Waals surface area (Å²) in [4.78, 5) is 33.1. The molecule has 256 valence electrons. The molecule has 2 saturated carbocycles. The Hall–Kier alpha value is -3.41. The molecule has 2 aromatic carbocycles. The van der Waals surface area contributed by atoms with Crippen LogP contribution in [-0.4, -0.2) is 92.8 Å². The molecule has 2 saturated heterocycles. The van der Waals surface area contributed by atoms with Crippen molar-refractivity contribution in [1.29, 1.82) is 0 Å². The lowest BCUT2D eigenvalue weighted by atomic mass is 9.81. The van der Waals surface area contributed by atoms with Gasteiger partial charge in [0.25, 0.3) is 5.91 Å². The van der Waals surface area contributed by atoms with Crippen LogP contribution in [0, 0.1) is 11.3 Å². The lowest BCUT2D eigenvalue weighted by molar-refractivity contribution is -0.142. The largest absolute Gasteiger partial charge is 0.496 e. The molecule has 1 N–H and O–H groups in total. The summed E-state index contributed by atoms with van der Waals surface area (Å²) in [5.41, 5.74) is 5.18. The van der Waals surface area contributed by atoms with Gasteiger partial charge in [-0.2, -0.15) is 12.7 Å². The van der Waals surface area contributed by atoms with Gasteiger partial charge in [-0.3, -0.25) is 9.59 Å². The number of likely N-dealkylation sites (N-methyl/N-ethyl adjacent to an activating group) is 1. The number of aromatic nitrogens is 1. The van der Waals surface area contributed by atoms with E-state index in [1.54, 1.807) is 13.2 Å². The fraction of sp³-hybridized carbons (Fsp3) is 0.568. The number of carbonyl (C=O) groups excluding carboxylic acids is 2. The Kier molecular flexibility index (Phi) is 7.69. The summed E-state index contributed by atoms with van der Waals surface area (Å²) in [5.74, 6) is 1.29. The van der Waals surface area contributed by atoms with E-state index in [0.29, 0.717) is 18.4 Å². The number of hydrogen-bond acceptors (Lipinski definition) is 6. The zero-order chi connectivity index (χ0) is 33.5. The van der Waals surface area contributed by atoms with Crippen LogP contribution >= 0.6 is 0 Å². The van der Waals surface area contributed by atoms with Crippen LogP contribution in [0.1, 0.15) is 84.7 Å². The van der Waals surface area contributed by atoms with Crippen molar-refractivity contribution in [2.24, 2.45) is 11.3 Å². The fourth-order valence-electron chi connectivity index (χ4n) is 9.71. The first-order valence-electron chi connectivity index (χ1n) is 17.6. The van der Waals surface area contributed by atoms with Gasteiger partial charge in [-0.25, -0.2) is 4.72 Å². The highest BCUT2D eigenvalue weighted by Crippen LogP contribution is 2.67. The molecular weight excluding hydrogens is 627 g/mol. The third-order valence-corrected chi connectivity index (χ3v) is 13.5. The molecule has 8 rings (SSSR count). The number of fused-ring (bicyclic) bond motifs is 8. The standard InChI is InChI=1S/C37H47N5O5S/c1-39(2)48(45,46)38-35(43)24-15-16-26-29(18-24)42-22-37(36(44)41-17-9-12-25-20-40(3)21-30(25)41)19-28(37)33-27(13-8-14-31(33)47-4)34(42)32(26)23-10-6-5-7-11-23/h8,13-16,18,23,25,28,30H,5-7,9-12,17,19-22H2,1-4H3,(H,38,43). The Morgan fingerprint density at radius 2 is 1.79 bits per heavy atom. The smallest absolute Gasteiger partial charge is 0.303 e. The first-order valence-corrected chi connectivity index (χ1v) is 19.1. The molecule has 0 spiro atoms. The molecule has 11 heteroatoms. The van der Waals surface area contributed by atoms with E-state index in [2.05, 4.69) is 38.3 Å². The SMILES string of the molecule is COc1cccc2c1C1CC1(C(=O)N1CCCC3CN(C)CC31)Cn1c-2c(C2CCCCC2)c2ccc(C(=O)NS(=O)(=O)N(C)C)cc21. The van der Waals surface area contributed by atoms with Gasteiger partial charge in [-0.05, 0) is 74.8 Å². The highest BCUT2D eigenvalue weighted by atomic mass is 32.2. The Morgan fingerprint density at radius 1 is 1.00 bits per heavy atom. The van der Waals surface area contributed by atoms with Gasteiger partial charge in [-0.1, -0.05) is 37.5 Å². The third kappa shape index (κ3) is 4.90. The number of likely N-dealkylation sites (tertiary alicyclic amines) is 2. The predicted octanol–water partition coefficient (Wildman–Crippen LogP) is 4.94. The lowest BCUT2D eigenvalue weighted by Gasteiger charge is -2.39. The molecule has 0 bridgehead atoms. The van der Waals surface area contributed by atoms with Gasteiger partial charge >= 0.3 is 10.2 Å². The maximum absolute atomic E-state index is 15.1. The van der Waals surface area contributed by atoms with Gasteiger partial charge in [0.05, 0.1) is 18.2 Å². The minimum atomic E-state index is -3.97. The van der Waals surface area contributed by atoms with E-state index in [9.17, 15) is 13.2 Å². The fourth-order valence-corrected chi connectivity index (χ4v) is 10.2. The zero-order valence-electron chi connectivity index (χ0n) is 28.5. The van der Waals surface area contributed by atoms with Gasteiger partial charge in [-0.15, -0.1) is 0 Å². The number of ether oxygens (including phenoxy) is 1. The van der Waals surface area contributed by atoms with Crippen molar-refractivity contribution in [3.63, 3.8) is 0 Å². The molecule has 3 aliphatic heterocycles. The van der Waals surface area contributed by atoms with Crippen LogP contribution < -0.4 is 9.46 Å². The summed E-state index contributed by atoms with van der Waals surface area (Å²) in [6, 6.07) is 12.1. The quantitative estimate of drug-likeness (QED) is 0.398. The second-order valence-corrected chi connectivity index (χ2v) is 17.0. The van der Waals surface area contributed by atoms with Crippen molar-refractivity contribution >= 4 is 32.9 Å². The van der Waals surface area contributed by atoms with E-state index < -0.39 is 21.5 Å². The number of rotatable bonds is 6. The summed E-state index contributed by atoms with van der Waals surface area (Å²) >= 11 is 0. The minimum Gasteiger partial charge on any atom is -0.496 e. The topological polar surface area (TPSA) is 104 Å². The van der Waals surface area contributed by atoms with Crippen LogP contribution in [0.15, 0.2) is 36.4 Å². The Morgan fingerprint density at radius 3 is 2.54 bits per heavy atom. The number of nitrogens with zero attached hydrogens (tertiary/aromatic N) is 4. The molecule has 4 fully saturated rings. The molecule has 4 heterocycles. The molecule has 5 aliphatic rings. The number of hydrogen-bond donors (Lipinski definition) is 1. The Labute approximate surface area is 283 Å². The highest BCUT2D eigenvalue weighted by molar-refractivity contribution is 7.87. The molecule has 2 aliphatic carbocycles. The average Bonchev–Trinajstić information content (AvgIpc) is 3.57. The Balaban J connectivity index is 1.32. The molecule has 1 aromatic heterocycles. The second-order valence-electron chi connectivity index (χ2n) is 15.2. The van der Waals surface area contributed by atoms with Crippen LogP contribution in [0.4, 0.5) is 0 Å². The number of amides is 2. The summed E-state index contributed by atoms with van der Waals surface area (Å²) in [6.07, 6.45) is 8.69. The van der Waals surface area contributed by atoms with E-state index >= 15 is 4.79 Å². The number of carbonyl (C=O) groups is 2. The van der Waals surface area contributed by atoms with Crippen molar-refractivity contribution in [1.82, 2.24) is 23.4 Å². The zero-order valence-corrected chi connectivity index (χ0v) is 29.3. The van der Waals surface area contributed by atoms with Gasteiger partial charge in [0, 0.05) is 79.8 Å². The maximum atomic E-state index is 15.1. The van der Waals surface area contributed by atoms with Crippen molar-refractivity contribution < 1.29 is 22.7 Å². The van der Waals surface area contributed by atoms with E-state index in [1.807, 2.05) is 18.2 Å². The molecule has 48 heavy (non-hydrogen) atoms. The van der Waals surface area contributed by atoms with E-state index in [-0.39, 0.29) is 23.4 Å². The van der Waals surface area contributed by atoms with Crippen molar-refractivity contribution in [2.45, 2.75) is 75.8 Å². The van der Waals surface area contributed by atoms with E-state index in [4.69, 9.17) is 4.74 Å². The summed E-state index contributed by atoms with van der Waals surface area (Å²) in [7, 11) is 2.70. The van der Waals surface area contributed by atoms with Gasteiger partial charge in [0.1, 0.15) is 5.75 Å².